The molecule has 7 nitrogen and oxygen atoms in total. The first-order chi connectivity index (χ1) is 15.6. The van der Waals surface area contributed by atoms with Crippen LogP contribution in [-0.4, -0.2) is 30.6 Å². The number of rotatable bonds is 5. The molecule has 2 aromatic carbocycles. The van der Waals surface area contributed by atoms with Gasteiger partial charge in [0.25, 0.3) is 5.91 Å². The van der Waals surface area contributed by atoms with Gasteiger partial charge in [-0.25, -0.2) is 9.97 Å². The third-order valence-electron chi connectivity index (χ3n) is 5.53. The Balaban J connectivity index is 1.41. The van der Waals surface area contributed by atoms with E-state index in [-0.39, 0.29) is 5.91 Å². The summed E-state index contributed by atoms with van der Waals surface area (Å²) < 4.78 is 1.77. The molecule has 0 fully saturated rings. The summed E-state index contributed by atoms with van der Waals surface area (Å²) in [4.78, 5) is 24.7. The molecule has 0 unspecified atom stereocenters. The van der Waals surface area contributed by atoms with Crippen molar-refractivity contribution in [3.05, 3.63) is 90.0 Å². The fraction of sp³-hybridized carbons (Fsp3) is 0.120. The molecule has 1 amide bonds. The number of benzene rings is 2. The number of fused-ring (bicyclic) bond motifs is 1. The van der Waals surface area contributed by atoms with Gasteiger partial charge in [0.1, 0.15) is 12.0 Å². The molecule has 32 heavy (non-hydrogen) atoms. The van der Waals surface area contributed by atoms with Crippen LogP contribution in [0, 0.1) is 6.92 Å². The smallest absolute Gasteiger partial charge is 0.251 e. The lowest BCUT2D eigenvalue weighted by Crippen LogP contribution is -2.23. The molecule has 0 aliphatic rings. The molecule has 2 N–H and O–H groups in total. The maximum absolute atomic E-state index is 12.3. The quantitative estimate of drug-likeness (QED) is 0.443. The van der Waals surface area contributed by atoms with Crippen molar-refractivity contribution in [2.45, 2.75) is 13.5 Å². The zero-order chi connectivity index (χ0) is 22.1. The lowest BCUT2D eigenvalue weighted by molar-refractivity contribution is 0.0951. The average Bonchev–Trinajstić information content (AvgIpc) is 3.44. The lowest BCUT2D eigenvalue weighted by atomic mass is 10.0. The number of H-pyrrole nitrogens is 1. The molecular weight excluding hydrogens is 400 g/mol. The van der Waals surface area contributed by atoms with Crippen LogP contribution in [0.3, 0.4) is 0 Å². The predicted octanol–water partition coefficient (Wildman–Crippen LogP) is 4.26. The molecule has 0 saturated carbocycles. The van der Waals surface area contributed by atoms with Crippen LogP contribution < -0.4 is 5.32 Å². The van der Waals surface area contributed by atoms with Gasteiger partial charge in [-0.1, -0.05) is 30.3 Å². The standard InChI is InChI=1S/C25H22N6O/c1-16-10-18(8-9-19(16)12-26-25(32)17-6-4-3-5-7-17)23-21-11-22(20-13-29-31(2)14-20)30-24(21)28-15-27-23/h3-11,13-15H,12H2,1-2H3,(H,26,32)(H,27,28,30). The van der Waals surface area contributed by atoms with E-state index in [1.165, 1.54) is 0 Å². The topological polar surface area (TPSA) is 88.5 Å². The molecule has 7 heteroatoms. The Morgan fingerprint density at radius 1 is 1.06 bits per heavy atom. The second kappa shape index (κ2) is 8.11. The number of hydrogen-bond acceptors (Lipinski definition) is 4. The SMILES string of the molecule is Cc1cc(-c2ncnc3[nH]c(-c4cnn(C)c4)cc23)ccc1CNC(=O)c1ccccc1. The van der Waals surface area contributed by atoms with Crippen LogP contribution in [0.2, 0.25) is 0 Å². The fourth-order valence-electron chi connectivity index (χ4n) is 3.79. The van der Waals surface area contributed by atoms with E-state index in [1.54, 1.807) is 11.0 Å². The zero-order valence-electron chi connectivity index (χ0n) is 17.8. The zero-order valence-corrected chi connectivity index (χ0v) is 17.8. The Kier molecular flexibility index (Phi) is 4.99. The van der Waals surface area contributed by atoms with Gasteiger partial charge in [-0.05, 0) is 42.3 Å². The van der Waals surface area contributed by atoms with Crippen molar-refractivity contribution in [2.24, 2.45) is 7.05 Å². The molecule has 0 atom stereocenters. The number of nitrogens with zero attached hydrogens (tertiary/aromatic N) is 4. The summed E-state index contributed by atoms with van der Waals surface area (Å²) in [7, 11) is 1.89. The van der Waals surface area contributed by atoms with E-state index in [9.17, 15) is 4.79 Å². The van der Waals surface area contributed by atoms with Crippen molar-refractivity contribution in [3.8, 4) is 22.5 Å². The van der Waals surface area contributed by atoms with Crippen LogP contribution in [0.4, 0.5) is 0 Å². The van der Waals surface area contributed by atoms with E-state index in [1.807, 2.05) is 68.8 Å². The first-order valence-electron chi connectivity index (χ1n) is 10.3. The molecule has 3 heterocycles. The van der Waals surface area contributed by atoms with Gasteiger partial charge in [0.05, 0.1) is 17.6 Å². The maximum Gasteiger partial charge on any atom is 0.251 e. The van der Waals surface area contributed by atoms with Crippen LogP contribution in [0.5, 0.6) is 0 Å². The van der Waals surface area contributed by atoms with Crippen LogP contribution >= 0.6 is 0 Å². The summed E-state index contributed by atoms with van der Waals surface area (Å²) in [6, 6.07) is 17.5. The van der Waals surface area contributed by atoms with Crippen LogP contribution in [0.25, 0.3) is 33.5 Å². The number of carbonyl (C=O) groups is 1. The summed E-state index contributed by atoms with van der Waals surface area (Å²) in [6.07, 6.45) is 5.35. The Morgan fingerprint density at radius 2 is 1.91 bits per heavy atom. The Bertz CT molecular complexity index is 1420. The fourth-order valence-corrected chi connectivity index (χ4v) is 3.79. The van der Waals surface area contributed by atoms with E-state index >= 15 is 0 Å². The predicted molar refractivity (Wildman–Crippen MR) is 124 cm³/mol. The first kappa shape index (κ1) is 19.7. The van der Waals surface area contributed by atoms with Crippen molar-refractivity contribution in [2.75, 3.05) is 0 Å². The van der Waals surface area contributed by atoms with Gasteiger partial charge in [-0.2, -0.15) is 5.10 Å². The van der Waals surface area contributed by atoms with E-state index in [0.29, 0.717) is 12.1 Å². The molecule has 5 rings (SSSR count). The summed E-state index contributed by atoms with van der Waals surface area (Å²) in [5.41, 5.74) is 7.41. The van der Waals surface area contributed by atoms with Crippen molar-refractivity contribution >= 4 is 16.9 Å². The van der Waals surface area contributed by atoms with Crippen molar-refractivity contribution in [1.29, 1.82) is 0 Å². The Hall–Kier alpha value is -4.26. The second-order valence-electron chi connectivity index (χ2n) is 7.76. The molecule has 5 aromatic rings. The largest absolute Gasteiger partial charge is 0.348 e. The molecule has 3 aromatic heterocycles. The number of amides is 1. The molecule has 0 spiro atoms. The van der Waals surface area contributed by atoms with Crippen molar-refractivity contribution < 1.29 is 4.79 Å². The summed E-state index contributed by atoms with van der Waals surface area (Å²) in [6.45, 7) is 2.51. The molecule has 0 aliphatic heterocycles. The molecular formula is C25H22N6O. The van der Waals surface area contributed by atoms with Crippen LogP contribution in [-0.2, 0) is 13.6 Å². The first-order valence-corrected chi connectivity index (χ1v) is 10.3. The van der Waals surface area contributed by atoms with Gasteiger partial charge in [0.2, 0.25) is 0 Å². The number of aromatic amines is 1. The van der Waals surface area contributed by atoms with Gasteiger partial charge in [0, 0.05) is 41.9 Å². The van der Waals surface area contributed by atoms with Crippen LogP contribution in [0.1, 0.15) is 21.5 Å². The molecule has 0 bridgehead atoms. The summed E-state index contributed by atoms with van der Waals surface area (Å²) in [5.74, 6) is -0.0816. The summed E-state index contributed by atoms with van der Waals surface area (Å²) >= 11 is 0. The highest BCUT2D eigenvalue weighted by atomic mass is 16.1. The van der Waals surface area contributed by atoms with E-state index in [4.69, 9.17) is 0 Å². The molecule has 0 aliphatic carbocycles. The van der Waals surface area contributed by atoms with Gasteiger partial charge < -0.3 is 10.3 Å². The molecule has 158 valence electrons. The number of aromatic nitrogens is 5. The number of nitrogens with one attached hydrogen (secondary N) is 2. The Morgan fingerprint density at radius 3 is 2.66 bits per heavy atom. The number of hydrogen-bond donors (Lipinski definition) is 2. The van der Waals surface area contributed by atoms with Crippen molar-refractivity contribution in [1.82, 2.24) is 30.0 Å². The minimum absolute atomic E-state index is 0.0816. The van der Waals surface area contributed by atoms with E-state index in [2.05, 4.69) is 37.5 Å². The normalized spacial score (nSPS) is 11.1. The highest BCUT2D eigenvalue weighted by molar-refractivity contribution is 5.95. The highest BCUT2D eigenvalue weighted by Gasteiger charge is 2.13. The maximum atomic E-state index is 12.3. The average molecular weight is 422 g/mol. The minimum Gasteiger partial charge on any atom is -0.348 e. The Labute approximate surface area is 185 Å². The lowest BCUT2D eigenvalue weighted by Gasteiger charge is -2.10. The molecule has 0 saturated heterocycles. The third kappa shape index (κ3) is 3.76. The van der Waals surface area contributed by atoms with Gasteiger partial charge in [-0.3, -0.25) is 9.48 Å². The highest BCUT2D eigenvalue weighted by Crippen LogP contribution is 2.30. The van der Waals surface area contributed by atoms with Crippen molar-refractivity contribution in [3.63, 3.8) is 0 Å². The monoisotopic (exact) mass is 422 g/mol. The number of aryl methyl sites for hydroxylation is 2. The van der Waals surface area contributed by atoms with Gasteiger partial charge in [0.15, 0.2) is 0 Å². The molecule has 0 radical (unpaired) electrons. The second-order valence-corrected chi connectivity index (χ2v) is 7.76. The van der Waals surface area contributed by atoms with E-state index in [0.717, 1.165) is 44.7 Å². The van der Waals surface area contributed by atoms with Crippen LogP contribution in [0.15, 0.2) is 73.3 Å². The summed E-state index contributed by atoms with van der Waals surface area (Å²) in [5, 5.41) is 8.19. The van der Waals surface area contributed by atoms with Gasteiger partial charge in [-0.15, -0.1) is 0 Å². The minimum atomic E-state index is -0.0816. The number of carbonyl (C=O) groups excluding carboxylic acids is 1. The van der Waals surface area contributed by atoms with Gasteiger partial charge >= 0.3 is 0 Å². The third-order valence-corrected chi connectivity index (χ3v) is 5.53. The van der Waals surface area contributed by atoms with E-state index < -0.39 is 0 Å².